The number of aliphatic imine (C=N–C) groups is 1. The maximum Gasteiger partial charge on any atom is 0.283 e. The van der Waals surface area contributed by atoms with E-state index in [0.29, 0.717) is 21.5 Å². The number of fused-ring (bicyclic) bond motifs is 1. The van der Waals surface area contributed by atoms with Gasteiger partial charge in [-0.05, 0) is 53.7 Å². The minimum absolute atomic E-state index is 0.0531. The van der Waals surface area contributed by atoms with Crippen LogP contribution >= 0.6 is 23.4 Å². The van der Waals surface area contributed by atoms with Crippen molar-refractivity contribution < 1.29 is 13.9 Å². The monoisotopic (exact) mass is 456 g/mol. The molecular formula is C22H18ClFN4O2S. The van der Waals surface area contributed by atoms with E-state index in [2.05, 4.69) is 10.1 Å². The molecule has 0 saturated carbocycles. The Morgan fingerprint density at radius 3 is 2.71 bits per heavy atom. The Bertz CT molecular complexity index is 1160. The number of carbonyl (C=O) groups is 1. The van der Waals surface area contributed by atoms with Gasteiger partial charge < -0.3 is 4.74 Å². The van der Waals surface area contributed by atoms with Crippen molar-refractivity contribution in [1.82, 2.24) is 5.01 Å². The van der Waals surface area contributed by atoms with Crippen LogP contribution in [0.2, 0.25) is 5.02 Å². The van der Waals surface area contributed by atoms with Gasteiger partial charge in [0, 0.05) is 16.5 Å². The Labute approximate surface area is 188 Å². The molecule has 0 bridgehead atoms. The van der Waals surface area contributed by atoms with E-state index in [1.54, 1.807) is 30.3 Å². The maximum atomic E-state index is 13.1. The molecule has 9 heteroatoms. The van der Waals surface area contributed by atoms with Crippen molar-refractivity contribution in [2.24, 2.45) is 16.0 Å². The molecule has 158 valence electrons. The topological polar surface area (TPSA) is 78.1 Å². The number of hydrogen-bond donors (Lipinski definition) is 1. The smallest absolute Gasteiger partial charge is 0.283 e. The highest BCUT2D eigenvalue weighted by Crippen LogP contribution is 2.32. The second kappa shape index (κ2) is 8.64. The van der Waals surface area contributed by atoms with Crippen molar-refractivity contribution in [2.45, 2.75) is 20.5 Å². The first kappa shape index (κ1) is 21.3. The summed E-state index contributed by atoms with van der Waals surface area (Å²) in [6.07, 6.45) is 1.53. The number of nitrogens with zero attached hydrogens (tertiary/aromatic N) is 3. The van der Waals surface area contributed by atoms with Crippen molar-refractivity contribution in [3.63, 3.8) is 0 Å². The number of carbonyl (C=O) groups excluding carboxylic acids is 1. The van der Waals surface area contributed by atoms with Gasteiger partial charge >= 0.3 is 0 Å². The summed E-state index contributed by atoms with van der Waals surface area (Å²) in [5.41, 5.74) is 1.41. The number of hydrazone groups is 1. The van der Waals surface area contributed by atoms with Crippen LogP contribution in [-0.2, 0) is 11.4 Å². The molecule has 1 N–H and O–H groups in total. The van der Waals surface area contributed by atoms with E-state index in [1.807, 2.05) is 13.8 Å². The molecule has 31 heavy (non-hydrogen) atoms. The maximum absolute atomic E-state index is 13.1. The summed E-state index contributed by atoms with van der Waals surface area (Å²) in [6.45, 7) is 4.18. The molecule has 2 aromatic rings. The van der Waals surface area contributed by atoms with Crippen molar-refractivity contribution in [3.05, 3.63) is 70.0 Å². The third kappa shape index (κ3) is 4.55. The molecule has 2 aromatic carbocycles. The van der Waals surface area contributed by atoms with Crippen molar-refractivity contribution >= 4 is 51.4 Å². The van der Waals surface area contributed by atoms with Gasteiger partial charge in [-0.25, -0.2) is 4.39 Å². The largest absolute Gasteiger partial charge is 0.488 e. The SMILES string of the molecule is CC(C)C1=NN2C(=N)/C(=C/c3cc(Cl)ccc3OCc3ccc(F)cc3)C(=O)N=C2S1. The van der Waals surface area contributed by atoms with Crippen LogP contribution in [0.25, 0.3) is 6.08 Å². The van der Waals surface area contributed by atoms with E-state index in [0.717, 1.165) is 10.6 Å². The molecule has 0 aliphatic carbocycles. The van der Waals surface area contributed by atoms with Crippen molar-refractivity contribution in [3.8, 4) is 5.75 Å². The number of ether oxygens (including phenoxy) is 1. The molecular weight excluding hydrogens is 439 g/mol. The van der Waals surface area contributed by atoms with Crippen LogP contribution in [0.4, 0.5) is 4.39 Å². The molecule has 0 atom stereocenters. The van der Waals surface area contributed by atoms with Gasteiger partial charge in [0.2, 0.25) is 5.17 Å². The second-order valence-corrected chi connectivity index (χ2v) is 8.63. The molecule has 0 fully saturated rings. The summed E-state index contributed by atoms with van der Waals surface area (Å²) in [5, 5.41) is 15.9. The predicted octanol–water partition coefficient (Wildman–Crippen LogP) is 5.33. The number of amides is 1. The third-order valence-corrected chi connectivity index (χ3v) is 5.99. The van der Waals surface area contributed by atoms with Gasteiger partial charge in [-0.1, -0.05) is 37.6 Å². The predicted molar refractivity (Wildman–Crippen MR) is 122 cm³/mol. The Morgan fingerprint density at radius 1 is 1.26 bits per heavy atom. The second-order valence-electron chi connectivity index (χ2n) is 7.21. The lowest BCUT2D eigenvalue weighted by atomic mass is 10.1. The molecule has 6 nitrogen and oxygen atoms in total. The van der Waals surface area contributed by atoms with E-state index in [9.17, 15) is 9.18 Å². The molecule has 0 radical (unpaired) electrons. The van der Waals surface area contributed by atoms with Crippen LogP contribution < -0.4 is 4.74 Å². The summed E-state index contributed by atoms with van der Waals surface area (Å²) in [7, 11) is 0. The van der Waals surface area contributed by atoms with Gasteiger partial charge in [0.25, 0.3) is 5.91 Å². The van der Waals surface area contributed by atoms with Crippen LogP contribution in [-0.4, -0.2) is 27.0 Å². The Morgan fingerprint density at radius 2 is 2.00 bits per heavy atom. The zero-order chi connectivity index (χ0) is 22.1. The van der Waals surface area contributed by atoms with Gasteiger partial charge in [0.1, 0.15) is 23.2 Å². The third-order valence-electron chi connectivity index (χ3n) is 4.54. The quantitative estimate of drug-likeness (QED) is 0.616. The lowest BCUT2D eigenvalue weighted by molar-refractivity contribution is -0.114. The molecule has 2 heterocycles. The van der Waals surface area contributed by atoms with E-state index in [4.69, 9.17) is 21.7 Å². The first-order chi connectivity index (χ1) is 14.8. The van der Waals surface area contributed by atoms with Crippen LogP contribution in [0.1, 0.15) is 25.0 Å². The summed E-state index contributed by atoms with van der Waals surface area (Å²) in [6, 6.07) is 11.0. The lowest BCUT2D eigenvalue weighted by Gasteiger charge is -2.20. The number of rotatable bonds is 5. The molecule has 4 rings (SSSR count). The number of nitrogens with one attached hydrogen (secondary N) is 1. The standard InChI is InChI=1S/C22H18ClFN4O2S/c1-12(2)21-27-28-19(25)17(20(29)26-22(28)31-21)10-14-9-15(23)5-8-18(14)30-11-13-3-6-16(24)7-4-13/h3-10,12,25H,11H2,1-2H3/b17-10-,25-19?. The van der Waals surface area contributed by atoms with Gasteiger partial charge in [-0.2, -0.15) is 15.1 Å². The molecule has 0 unspecified atom stereocenters. The molecule has 2 aliphatic rings. The number of amidine groups is 2. The van der Waals surface area contributed by atoms with Gasteiger partial charge in [0.15, 0.2) is 5.84 Å². The van der Waals surface area contributed by atoms with Crippen LogP contribution in [0.15, 0.2) is 58.1 Å². The Balaban J connectivity index is 1.63. The molecule has 0 aromatic heterocycles. The summed E-state index contributed by atoms with van der Waals surface area (Å²) < 4.78 is 19.0. The first-order valence-electron chi connectivity index (χ1n) is 9.48. The zero-order valence-electron chi connectivity index (χ0n) is 16.7. The molecule has 0 spiro atoms. The molecule has 0 saturated heterocycles. The highest BCUT2D eigenvalue weighted by Gasteiger charge is 2.36. The van der Waals surface area contributed by atoms with E-state index in [1.165, 1.54) is 35.0 Å². The van der Waals surface area contributed by atoms with Gasteiger partial charge in [0.05, 0.1) is 5.57 Å². The average molecular weight is 457 g/mol. The summed E-state index contributed by atoms with van der Waals surface area (Å²) in [5.74, 6) is -0.263. The fourth-order valence-corrected chi connectivity index (χ4v) is 3.97. The zero-order valence-corrected chi connectivity index (χ0v) is 18.3. The van der Waals surface area contributed by atoms with Crippen LogP contribution in [0, 0.1) is 17.1 Å². The number of thioether (sulfide) groups is 1. The van der Waals surface area contributed by atoms with Gasteiger partial charge in [-0.3, -0.25) is 10.2 Å². The van der Waals surface area contributed by atoms with E-state index >= 15 is 0 Å². The van der Waals surface area contributed by atoms with Crippen molar-refractivity contribution in [2.75, 3.05) is 0 Å². The minimum Gasteiger partial charge on any atom is -0.488 e. The highest BCUT2D eigenvalue weighted by molar-refractivity contribution is 8.27. The number of halogens is 2. The summed E-state index contributed by atoms with van der Waals surface area (Å²) in [4.78, 5) is 16.7. The normalized spacial score (nSPS) is 17.2. The molecule has 2 aliphatic heterocycles. The average Bonchev–Trinajstić information content (AvgIpc) is 3.16. The van der Waals surface area contributed by atoms with E-state index < -0.39 is 5.91 Å². The van der Waals surface area contributed by atoms with Crippen molar-refractivity contribution in [1.29, 1.82) is 5.41 Å². The fraction of sp³-hybridized carbons (Fsp3) is 0.182. The fourth-order valence-electron chi connectivity index (χ4n) is 2.90. The number of hydrogen-bond acceptors (Lipinski definition) is 5. The van der Waals surface area contributed by atoms with Crippen LogP contribution in [0.5, 0.6) is 5.75 Å². The summed E-state index contributed by atoms with van der Waals surface area (Å²) >= 11 is 7.45. The Kier molecular flexibility index (Phi) is 5.93. The van der Waals surface area contributed by atoms with Crippen LogP contribution in [0.3, 0.4) is 0 Å². The molecule has 1 amide bonds. The highest BCUT2D eigenvalue weighted by atomic mass is 35.5. The van der Waals surface area contributed by atoms with E-state index in [-0.39, 0.29) is 29.8 Å². The first-order valence-corrected chi connectivity index (χ1v) is 10.7. The lowest BCUT2D eigenvalue weighted by Crippen LogP contribution is -2.35. The van der Waals surface area contributed by atoms with Gasteiger partial charge in [-0.15, -0.1) is 0 Å². The number of benzene rings is 2. The minimum atomic E-state index is -0.520. The Hall–Kier alpha value is -2.97.